The molecule has 19 heavy (non-hydrogen) atoms. The zero-order chi connectivity index (χ0) is 14.3. The van der Waals surface area contributed by atoms with Gasteiger partial charge in [0.25, 0.3) is 0 Å². The monoisotopic (exact) mass is 265 g/mol. The van der Waals surface area contributed by atoms with Crippen LogP contribution in [-0.2, 0) is 9.59 Å². The van der Waals surface area contributed by atoms with Crippen LogP contribution in [-0.4, -0.2) is 28.0 Å². The zero-order valence-electron chi connectivity index (χ0n) is 10.5. The van der Waals surface area contributed by atoms with E-state index >= 15 is 0 Å². The summed E-state index contributed by atoms with van der Waals surface area (Å²) in [5.74, 6) is -1.48. The number of carbonyl (C=O) groups is 3. The highest BCUT2D eigenvalue weighted by Crippen LogP contribution is 2.05. The van der Waals surface area contributed by atoms with E-state index in [1.807, 2.05) is 6.92 Å². The van der Waals surface area contributed by atoms with Crippen LogP contribution < -0.4 is 10.6 Å². The Bertz CT molecular complexity index is 470. The molecule has 7 heteroatoms. The SMILES string of the molecule is Cc1ccc(NC(=O)NC(=O)CCCC(=O)O)cn1. The lowest BCUT2D eigenvalue weighted by atomic mass is 10.2. The van der Waals surface area contributed by atoms with Gasteiger partial charge in [-0.25, -0.2) is 4.79 Å². The molecule has 102 valence electrons. The third-order valence-corrected chi connectivity index (χ3v) is 2.22. The molecule has 0 aliphatic heterocycles. The van der Waals surface area contributed by atoms with E-state index in [0.29, 0.717) is 5.69 Å². The first-order valence-corrected chi connectivity index (χ1v) is 5.72. The molecule has 3 N–H and O–H groups in total. The normalized spacial score (nSPS) is 9.74. The van der Waals surface area contributed by atoms with Crippen LogP contribution in [0.4, 0.5) is 10.5 Å². The molecule has 0 bridgehead atoms. The van der Waals surface area contributed by atoms with Gasteiger partial charge >= 0.3 is 12.0 Å². The summed E-state index contributed by atoms with van der Waals surface area (Å²) < 4.78 is 0. The molecule has 0 saturated carbocycles. The molecule has 0 unspecified atom stereocenters. The molecule has 0 radical (unpaired) electrons. The Labute approximate surface area is 110 Å². The van der Waals surface area contributed by atoms with E-state index in [9.17, 15) is 14.4 Å². The van der Waals surface area contributed by atoms with Gasteiger partial charge in [-0.3, -0.25) is 19.9 Å². The predicted octanol–water partition coefficient (Wildman–Crippen LogP) is 1.29. The molecule has 1 aromatic heterocycles. The first-order chi connectivity index (χ1) is 8.97. The van der Waals surface area contributed by atoms with Crippen LogP contribution >= 0.6 is 0 Å². The first-order valence-electron chi connectivity index (χ1n) is 5.72. The molecular formula is C12H15N3O4. The molecule has 0 spiro atoms. The topological polar surface area (TPSA) is 108 Å². The maximum absolute atomic E-state index is 11.4. The number of amides is 3. The first kappa shape index (κ1) is 14.6. The van der Waals surface area contributed by atoms with Crippen LogP contribution in [0.15, 0.2) is 18.3 Å². The second-order valence-electron chi connectivity index (χ2n) is 3.94. The highest BCUT2D eigenvalue weighted by molar-refractivity contribution is 6.01. The minimum Gasteiger partial charge on any atom is -0.481 e. The van der Waals surface area contributed by atoms with Crippen LogP contribution in [0.3, 0.4) is 0 Å². The Hall–Kier alpha value is -2.44. The summed E-state index contributed by atoms with van der Waals surface area (Å²) in [7, 11) is 0. The number of nitrogens with zero attached hydrogens (tertiary/aromatic N) is 1. The van der Waals surface area contributed by atoms with Gasteiger partial charge in [-0.05, 0) is 25.5 Å². The summed E-state index contributed by atoms with van der Waals surface area (Å²) in [5.41, 5.74) is 1.29. The van der Waals surface area contributed by atoms with Gasteiger partial charge in [0.05, 0.1) is 11.9 Å². The molecule has 7 nitrogen and oxygen atoms in total. The number of pyridine rings is 1. The van der Waals surface area contributed by atoms with Crippen molar-refractivity contribution in [2.75, 3.05) is 5.32 Å². The number of carboxylic acids is 1. The largest absolute Gasteiger partial charge is 0.481 e. The average Bonchev–Trinajstić information content (AvgIpc) is 2.31. The third-order valence-electron chi connectivity index (χ3n) is 2.22. The van der Waals surface area contributed by atoms with Gasteiger partial charge in [0.2, 0.25) is 5.91 Å². The van der Waals surface area contributed by atoms with E-state index in [0.717, 1.165) is 5.69 Å². The Morgan fingerprint density at radius 3 is 2.58 bits per heavy atom. The molecule has 0 aliphatic rings. The van der Waals surface area contributed by atoms with Crippen molar-refractivity contribution in [3.05, 3.63) is 24.0 Å². The fourth-order valence-corrected chi connectivity index (χ4v) is 1.29. The van der Waals surface area contributed by atoms with Crippen LogP contribution in [0, 0.1) is 6.92 Å². The van der Waals surface area contributed by atoms with E-state index in [1.165, 1.54) is 6.20 Å². The number of carboxylic acid groups (broad SMARTS) is 1. The fraction of sp³-hybridized carbons (Fsp3) is 0.333. The fourth-order valence-electron chi connectivity index (χ4n) is 1.29. The lowest BCUT2D eigenvalue weighted by Crippen LogP contribution is -2.34. The quantitative estimate of drug-likeness (QED) is 0.743. The molecule has 0 aromatic carbocycles. The molecule has 1 rings (SSSR count). The predicted molar refractivity (Wildman–Crippen MR) is 67.6 cm³/mol. The number of hydrogen-bond acceptors (Lipinski definition) is 4. The van der Waals surface area contributed by atoms with Crippen LogP contribution in [0.1, 0.15) is 25.0 Å². The van der Waals surface area contributed by atoms with Crippen molar-refractivity contribution in [2.24, 2.45) is 0 Å². The van der Waals surface area contributed by atoms with Gasteiger partial charge < -0.3 is 10.4 Å². The summed E-state index contributed by atoms with van der Waals surface area (Å²) in [6, 6.07) is 2.73. The lowest BCUT2D eigenvalue weighted by Gasteiger charge is -2.06. The Morgan fingerprint density at radius 2 is 2.00 bits per heavy atom. The van der Waals surface area contributed by atoms with Crippen molar-refractivity contribution < 1.29 is 19.5 Å². The average molecular weight is 265 g/mol. The number of imide groups is 1. The van der Waals surface area contributed by atoms with Crippen LogP contribution in [0.25, 0.3) is 0 Å². The molecule has 3 amide bonds. The van der Waals surface area contributed by atoms with Gasteiger partial charge in [0.1, 0.15) is 0 Å². The summed E-state index contributed by atoms with van der Waals surface area (Å²) >= 11 is 0. The molecule has 1 aromatic rings. The second kappa shape index (κ2) is 7.10. The van der Waals surface area contributed by atoms with Crippen molar-refractivity contribution in [3.63, 3.8) is 0 Å². The van der Waals surface area contributed by atoms with Crippen molar-refractivity contribution in [1.29, 1.82) is 0 Å². The van der Waals surface area contributed by atoms with E-state index in [2.05, 4.69) is 15.6 Å². The number of aliphatic carboxylic acids is 1. The standard InChI is InChI=1S/C12H15N3O4/c1-8-5-6-9(7-13-8)14-12(19)15-10(16)3-2-4-11(17)18/h5-7H,2-4H2,1H3,(H,17,18)(H2,14,15,16,19). The van der Waals surface area contributed by atoms with Crippen molar-refractivity contribution in [1.82, 2.24) is 10.3 Å². The van der Waals surface area contributed by atoms with Gasteiger partial charge in [-0.1, -0.05) is 0 Å². The third kappa shape index (κ3) is 6.16. The lowest BCUT2D eigenvalue weighted by molar-refractivity contribution is -0.137. The van der Waals surface area contributed by atoms with Gasteiger partial charge in [-0.2, -0.15) is 0 Å². The summed E-state index contributed by atoms with van der Waals surface area (Å²) in [6.07, 6.45) is 1.56. The number of carbonyl (C=O) groups excluding carboxylic acids is 2. The van der Waals surface area contributed by atoms with Crippen LogP contribution in [0.5, 0.6) is 0 Å². The maximum atomic E-state index is 11.4. The van der Waals surface area contributed by atoms with Gasteiger partial charge in [0, 0.05) is 18.5 Å². The number of rotatable bonds is 5. The minimum atomic E-state index is -0.969. The van der Waals surface area contributed by atoms with E-state index in [-0.39, 0.29) is 19.3 Å². The number of urea groups is 1. The minimum absolute atomic E-state index is 0.00807. The molecule has 1 heterocycles. The number of aromatic nitrogens is 1. The maximum Gasteiger partial charge on any atom is 0.325 e. The van der Waals surface area contributed by atoms with E-state index < -0.39 is 17.9 Å². The summed E-state index contributed by atoms with van der Waals surface area (Å²) in [5, 5.41) is 13.0. The molecule has 0 aliphatic carbocycles. The second-order valence-corrected chi connectivity index (χ2v) is 3.94. The van der Waals surface area contributed by atoms with Gasteiger partial charge in [0.15, 0.2) is 0 Å². The highest BCUT2D eigenvalue weighted by atomic mass is 16.4. The molecular weight excluding hydrogens is 250 g/mol. The van der Waals surface area contributed by atoms with Gasteiger partial charge in [-0.15, -0.1) is 0 Å². The Balaban J connectivity index is 2.32. The number of nitrogens with one attached hydrogen (secondary N) is 2. The number of hydrogen-bond donors (Lipinski definition) is 3. The Morgan fingerprint density at radius 1 is 1.26 bits per heavy atom. The number of aryl methyl sites for hydroxylation is 1. The van der Waals surface area contributed by atoms with Crippen molar-refractivity contribution >= 4 is 23.6 Å². The van der Waals surface area contributed by atoms with Crippen molar-refractivity contribution in [3.8, 4) is 0 Å². The summed E-state index contributed by atoms with van der Waals surface area (Å²) in [4.78, 5) is 37.0. The van der Waals surface area contributed by atoms with E-state index in [4.69, 9.17) is 5.11 Å². The zero-order valence-corrected chi connectivity index (χ0v) is 10.5. The molecule has 0 fully saturated rings. The van der Waals surface area contributed by atoms with E-state index in [1.54, 1.807) is 12.1 Å². The Kier molecular flexibility index (Phi) is 5.46. The highest BCUT2D eigenvalue weighted by Gasteiger charge is 2.08. The van der Waals surface area contributed by atoms with Crippen LogP contribution in [0.2, 0.25) is 0 Å². The summed E-state index contributed by atoms with van der Waals surface area (Å²) in [6.45, 7) is 1.82. The smallest absolute Gasteiger partial charge is 0.325 e. The number of anilines is 1. The molecule has 0 atom stereocenters. The molecule has 0 saturated heterocycles. The van der Waals surface area contributed by atoms with Crippen molar-refractivity contribution in [2.45, 2.75) is 26.2 Å².